The van der Waals surface area contributed by atoms with Gasteiger partial charge in [0.15, 0.2) is 6.10 Å². The van der Waals surface area contributed by atoms with Crippen LogP contribution >= 0.6 is 0 Å². The number of quaternary nitrogens is 1. The maximum Gasteiger partial charge on any atom is 0.306 e. The van der Waals surface area contributed by atoms with Gasteiger partial charge in [0.25, 0.3) is 0 Å². The Morgan fingerprint density at radius 3 is 1.38 bits per heavy atom. The third kappa shape index (κ3) is 44.9. The van der Waals surface area contributed by atoms with E-state index in [1.54, 1.807) is 21.1 Å². The minimum atomic E-state index is -1.14. The second-order valence-electron chi connectivity index (χ2n) is 17.8. The van der Waals surface area contributed by atoms with Crippen LogP contribution < -0.4 is 5.11 Å². The van der Waals surface area contributed by atoms with E-state index in [0.717, 1.165) is 64.2 Å². The van der Waals surface area contributed by atoms with Crippen molar-refractivity contribution >= 4 is 17.9 Å². The first-order valence-electron chi connectivity index (χ1n) is 25.7. The standard InChI is InChI=1S/C58H93NO7/c1-6-8-10-12-14-16-18-20-22-24-26-27-28-29-31-33-35-37-39-41-43-45-47-49-57(61)66-54(52-64-51-50-55(58(62)63)59(3,4)5)53-65-56(60)48-46-44-42-40-38-36-34-32-30-25-23-21-19-17-15-13-11-9-7-2/h8-11,13-17,19-23,25,30,32,34,36,38,54-55H,6-7,12,18,24,26-29,31,33,35,37,39-53H2,1-5H3/b10-8+,11-9+,15-13+,16-14+,19-17+,22-20+,23-21+,30-25+,34-32+,38-36+. The van der Waals surface area contributed by atoms with E-state index in [9.17, 15) is 19.5 Å². The van der Waals surface area contributed by atoms with E-state index in [0.29, 0.717) is 12.8 Å². The van der Waals surface area contributed by atoms with Crippen LogP contribution in [-0.4, -0.2) is 75.5 Å². The van der Waals surface area contributed by atoms with E-state index in [2.05, 4.69) is 62.5 Å². The molecule has 0 rings (SSSR count). The normalized spacial score (nSPS) is 13.9. The monoisotopic (exact) mass is 916 g/mol. The van der Waals surface area contributed by atoms with Gasteiger partial charge in [-0.1, -0.05) is 212 Å². The molecule has 8 nitrogen and oxygen atoms in total. The van der Waals surface area contributed by atoms with Crippen molar-refractivity contribution in [3.05, 3.63) is 122 Å². The summed E-state index contributed by atoms with van der Waals surface area (Å²) < 4.78 is 17.2. The first-order valence-corrected chi connectivity index (χ1v) is 25.7. The first kappa shape index (κ1) is 61.7. The summed E-state index contributed by atoms with van der Waals surface area (Å²) >= 11 is 0. The molecular weight excluding hydrogens is 823 g/mol. The Labute approximate surface area is 403 Å². The number of rotatable bonds is 44. The van der Waals surface area contributed by atoms with E-state index in [1.165, 1.54) is 70.6 Å². The molecule has 0 fully saturated rings. The van der Waals surface area contributed by atoms with Gasteiger partial charge in [0.2, 0.25) is 0 Å². The maximum absolute atomic E-state index is 12.8. The molecule has 0 amide bonds. The molecule has 66 heavy (non-hydrogen) atoms. The molecule has 372 valence electrons. The van der Waals surface area contributed by atoms with Gasteiger partial charge in [-0.05, 0) is 64.2 Å². The summed E-state index contributed by atoms with van der Waals surface area (Å²) in [6, 6.07) is -0.742. The molecule has 0 heterocycles. The minimum Gasteiger partial charge on any atom is -0.544 e. The van der Waals surface area contributed by atoms with Gasteiger partial charge < -0.3 is 28.6 Å². The number of carbonyl (C=O) groups is 3. The largest absolute Gasteiger partial charge is 0.544 e. The van der Waals surface area contributed by atoms with E-state index >= 15 is 0 Å². The maximum atomic E-state index is 12.8. The number of allylic oxidation sites excluding steroid dienone is 20. The Morgan fingerprint density at radius 2 is 0.879 bits per heavy atom. The van der Waals surface area contributed by atoms with Crippen molar-refractivity contribution in [2.75, 3.05) is 41.0 Å². The van der Waals surface area contributed by atoms with Gasteiger partial charge in [-0.25, -0.2) is 0 Å². The molecule has 2 atom stereocenters. The van der Waals surface area contributed by atoms with Crippen molar-refractivity contribution in [1.29, 1.82) is 0 Å². The lowest BCUT2D eigenvalue weighted by Gasteiger charge is -2.34. The second kappa shape index (κ2) is 47.2. The second-order valence-corrected chi connectivity index (χ2v) is 17.8. The molecule has 0 saturated heterocycles. The number of aliphatic carboxylic acids is 1. The van der Waals surface area contributed by atoms with Crippen LogP contribution in [0.1, 0.15) is 174 Å². The highest BCUT2D eigenvalue weighted by molar-refractivity contribution is 5.70. The van der Waals surface area contributed by atoms with Crippen LogP contribution in [0.5, 0.6) is 0 Å². The Morgan fingerprint density at radius 1 is 0.470 bits per heavy atom. The molecule has 0 aromatic rings. The highest BCUT2D eigenvalue weighted by Crippen LogP contribution is 2.15. The lowest BCUT2D eigenvalue weighted by molar-refractivity contribution is -0.889. The van der Waals surface area contributed by atoms with Crippen molar-refractivity contribution < 1.29 is 38.2 Å². The fraction of sp³-hybridized carbons (Fsp3) is 0.603. The summed E-state index contributed by atoms with van der Waals surface area (Å²) in [5.74, 6) is -1.81. The van der Waals surface area contributed by atoms with Crippen LogP contribution in [0.3, 0.4) is 0 Å². The number of hydrogen-bond donors (Lipinski definition) is 0. The number of unbranched alkanes of at least 4 members (excludes halogenated alkanes) is 16. The molecule has 0 aromatic carbocycles. The predicted octanol–water partition coefficient (Wildman–Crippen LogP) is 13.6. The van der Waals surface area contributed by atoms with Gasteiger partial charge in [-0.2, -0.15) is 0 Å². The van der Waals surface area contributed by atoms with Gasteiger partial charge in [0.05, 0.1) is 40.3 Å². The summed E-state index contributed by atoms with van der Waals surface area (Å²) in [5.41, 5.74) is 0. The quantitative estimate of drug-likeness (QED) is 0.0197. The van der Waals surface area contributed by atoms with Gasteiger partial charge >= 0.3 is 11.9 Å². The van der Waals surface area contributed by atoms with E-state index < -0.39 is 18.1 Å². The summed E-state index contributed by atoms with van der Waals surface area (Å²) in [4.78, 5) is 37.1. The molecule has 0 aromatic heterocycles. The zero-order valence-electron chi connectivity index (χ0n) is 42.3. The molecule has 0 spiro atoms. The molecule has 0 bridgehead atoms. The molecule has 0 aliphatic heterocycles. The van der Waals surface area contributed by atoms with Gasteiger partial charge in [0.1, 0.15) is 12.6 Å². The molecule has 0 aliphatic rings. The number of likely N-dealkylation sites (N-methyl/N-ethyl adjacent to an activating group) is 1. The summed E-state index contributed by atoms with van der Waals surface area (Å²) in [5, 5.41) is 11.7. The Bertz CT molecular complexity index is 1490. The molecule has 0 radical (unpaired) electrons. The van der Waals surface area contributed by atoms with Crippen LogP contribution in [-0.2, 0) is 28.6 Å². The Balaban J connectivity index is 4.34. The van der Waals surface area contributed by atoms with E-state index in [1.807, 2.05) is 72.9 Å². The minimum absolute atomic E-state index is 0.0174. The molecule has 2 unspecified atom stereocenters. The highest BCUT2D eigenvalue weighted by Gasteiger charge is 2.25. The number of nitrogens with zero attached hydrogens (tertiary/aromatic N) is 1. The first-order chi connectivity index (χ1) is 32.1. The predicted molar refractivity (Wildman–Crippen MR) is 277 cm³/mol. The van der Waals surface area contributed by atoms with E-state index in [-0.39, 0.29) is 49.1 Å². The smallest absolute Gasteiger partial charge is 0.306 e. The molecular formula is C58H93NO7. The summed E-state index contributed by atoms with van der Waals surface area (Å²) in [6.07, 6.45) is 66.6. The Kier molecular flexibility index (Phi) is 44.2. The lowest BCUT2D eigenvalue weighted by atomic mass is 10.0. The third-order valence-corrected chi connectivity index (χ3v) is 10.8. The van der Waals surface area contributed by atoms with Crippen LogP contribution in [0.25, 0.3) is 0 Å². The van der Waals surface area contributed by atoms with Gasteiger partial charge in [-0.15, -0.1) is 0 Å². The molecule has 0 saturated carbocycles. The SMILES string of the molecule is CC/C=C/C=C/C=C/C=C/C=C/C=C/C=C/CCCCCC(=O)OCC(COCCC(C(=O)[O-])[N+](C)(C)C)OC(=O)CCCCCCCCCCCCCCC/C=C/C/C=C/C/C=C/CC. The number of carboxylic acids is 1. The number of hydrogen-bond acceptors (Lipinski definition) is 7. The fourth-order valence-corrected chi connectivity index (χ4v) is 6.89. The average molecular weight is 916 g/mol. The Hall–Kier alpha value is -4.27. The molecule has 8 heteroatoms. The fourth-order valence-electron chi connectivity index (χ4n) is 6.89. The van der Waals surface area contributed by atoms with Crippen LogP contribution in [0.4, 0.5) is 0 Å². The van der Waals surface area contributed by atoms with Crippen LogP contribution in [0.2, 0.25) is 0 Å². The van der Waals surface area contributed by atoms with Gasteiger partial charge in [0, 0.05) is 19.3 Å². The zero-order chi connectivity index (χ0) is 48.4. The number of esters is 2. The molecule has 0 aliphatic carbocycles. The topological polar surface area (TPSA) is 102 Å². The number of carbonyl (C=O) groups excluding carboxylic acids is 3. The average Bonchev–Trinajstić information content (AvgIpc) is 3.28. The summed E-state index contributed by atoms with van der Waals surface area (Å²) in [7, 11) is 5.39. The highest BCUT2D eigenvalue weighted by atomic mass is 16.6. The van der Waals surface area contributed by atoms with Gasteiger partial charge in [-0.3, -0.25) is 9.59 Å². The van der Waals surface area contributed by atoms with Crippen LogP contribution in [0, 0.1) is 0 Å². The van der Waals surface area contributed by atoms with Crippen molar-refractivity contribution in [2.24, 2.45) is 0 Å². The van der Waals surface area contributed by atoms with Crippen LogP contribution in [0.15, 0.2) is 122 Å². The number of ether oxygens (including phenoxy) is 3. The third-order valence-electron chi connectivity index (χ3n) is 10.8. The van der Waals surface area contributed by atoms with E-state index in [4.69, 9.17) is 14.2 Å². The van der Waals surface area contributed by atoms with Crippen molar-refractivity contribution in [3.63, 3.8) is 0 Å². The summed E-state index contributed by atoms with van der Waals surface area (Å²) in [6.45, 7) is 4.35. The van der Waals surface area contributed by atoms with Crippen molar-refractivity contribution in [3.8, 4) is 0 Å². The zero-order valence-corrected chi connectivity index (χ0v) is 42.3. The lowest BCUT2D eigenvalue weighted by Crippen LogP contribution is -2.55. The van der Waals surface area contributed by atoms with Crippen molar-refractivity contribution in [2.45, 2.75) is 187 Å². The number of carboxylic acid groups (broad SMARTS) is 1. The molecule has 0 N–H and O–H groups in total. The van der Waals surface area contributed by atoms with Crippen molar-refractivity contribution in [1.82, 2.24) is 0 Å².